The van der Waals surface area contributed by atoms with Gasteiger partial charge in [-0.15, -0.1) is 18.3 Å². The first-order valence-electron chi connectivity index (χ1n) is 15.3. The Morgan fingerprint density at radius 2 is 1.74 bits per heavy atom. The van der Waals surface area contributed by atoms with Gasteiger partial charge in [-0.25, -0.2) is 14.5 Å². The van der Waals surface area contributed by atoms with E-state index in [2.05, 4.69) is 75.1 Å². The van der Waals surface area contributed by atoms with Gasteiger partial charge in [0.25, 0.3) is 0 Å². The van der Waals surface area contributed by atoms with Crippen LogP contribution in [0.2, 0.25) is 0 Å². The van der Waals surface area contributed by atoms with E-state index in [4.69, 9.17) is 0 Å². The van der Waals surface area contributed by atoms with Crippen LogP contribution in [-0.2, 0) is 0 Å². The van der Waals surface area contributed by atoms with E-state index in [1.54, 1.807) is 11.8 Å². The van der Waals surface area contributed by atoms with Crippen molar-refractivity contribution < 1.29 is 22.7 Å². The minimum Gasteiger partial charge on any atom is -0.406 e. The van der Waals surface area contributed by atoms with E-state index in [-0.39, 0.29) is 17.8 Å². The van der Waals surface area contributed by atoms with E-state index < -0.39 is 6.36 Å². The number of nitrogens with zero attached hydrogens (tertiary/aromatic N) is 5. The summed E-state index contributed by atoms with van der Waals surface area (Å²) in [5.74, 6) is 1.46. The highest BCUT2D eigenvalue weighted by atomic mass is 32.2. The molecule has 240 valence electrons. The number of hydrogen-bond acceptors (Lipinski definition) is 5. The predicted molar refractivity (Wildman–Crippen MR) is 175 cm³/mol. The summed E-state index contributed by atoms with van der Waals surface area (Å²) in [6.07, 6.45) is 0.498. The molecule has 2 heterocycles. The lowest BCUT2D eigenvalue weighted by molar-refractivity contribution is -0.274. The zero-order chi connectivity index (χ0) is 32.4. The molecule has 3 aromatic carbocycles. The fourth-order valence-electron chi connectivity index (χ4n) is 6.39. The van der Waals surface area contributed by atoms with Crippen LogP contribution in [0, 0.1) is 20.8 Å². The second kappa shape index (κ2) is 13.2. The number of anilines is 1. The van der Waals surface area contributed by atoms with Crippen LogP contribution in [0.15, 0.2) is 72.0 Å². The van der Waals surface area contributed by atoms with E-state index >= 15 is 0 Å². The highest BCUT2D eigenvalue weighted by Gasteiger charge is 2.31. The SMILES string of the molecule is Cc1cc(C)c(N2CCCS/C2=N\C(=O)NC2CCC(c3ccc(-c4ncn(-c5ccc(OC(F)(F)F)cc5)n4)cc3)C2)c(C)c1. The van der Waals surface area contributed by atoms with Crippen molar-refractivity contribution in [1.82, 2.24) is 20.1 Å². The van der Waals surface area contributed by atoms with Gasteiger partial charge in [0.15, 0.2) is 11.0 Å². The summed E-state index contributed by atoms with van der Waals surface area (Å²) >= 11 is 1.63. The quantitative estimate of drug-likeness (QED) is 0.228. The molecule has 1 aromatic heterocycles. The lowest BCUT2D eigenvalue weighted by Crippen LogP contribution is -2.38. The number of carbonyl (C=O) groups is 1. The Hall–Kier alpha value is -4.32. The third-order valence-corrected chi connectivity index (χ3v) is 9.38. The summed E-state index contributed by atoms with van der Waals surface area (Å²) in [6.45, 7) is 7.17. The van der Waals surface area contributed by atoms with Crippen LogP contribution in [0.5, 0.6) is 5.75 Å². The maximum Gasteiger partial charge on any atom is 0.573 e. The number of urea groups is 1. The molecule has 2 atom stereocenters. The lowest BCUT2D eigenvalue weighted by atomic mass is 9.96. The molecule has 2 fully saturated rings. The Labute approximate surface area is 270 Å². The number of nitrogens with one attached hydrogen (secondary N) is 1. The van der Waals surface area contributed by atoms with Gasteiger partial charge in [0.05, 0.1) is 5.69 Å². The third kappa shape index (κ3) is 7.38. The van der Waals surface area contributed by atoms with Gasteiger partial charge in [0.1, 0.15) is 12.1 Å². The summed E-state index contributed by atoms with van der Waals surface area (Å²) < 4.78 is 42.8. The molecule has 1 N–H and O–H groups in total. The monoisotopic (exact) mass is 648 g/mol. The maximum atomic E-state index is 13.1. The number of rotatable bonds is 6. The molecule has 2 amide bonds. The molecule has 1 aliphatic carbocycles. The molecule has 6 rings (SSSR count). The van der Waals surface area contributed by atoms with Crippen LogP contribution in [-0.4, -0.2) is 50.7 Å². The number of amides is 2. The largest absolute Gasteiger partial charge is 0.573 e. The molecule has 4 aromatic rings. The molecule has 0 radical (unpaired) electrons. The molecule has 46 heavy (non-hydrogen) atoms. The number of thioether (sulfide) groups is 1. The van der Waals surface area contributed by atoms with Crippen LogP contribution in [0.1, 0.15) is 53.9 Å². The number of aryl methyl sites for hydroxylation is 3. The number of aliphatic imine (C=N–C) groups is 1. The highest BCUT2D eigenvalue weighted by molar-refractivity contribution is 8.14. The molecule has 8 nitrogen and oxygen atoms in total. The number of ether oxygens (including phenoxy) is 1. The maximum absolute atomic E-state index is 13.1. The van der Waals surface area contributed by atoms with Crippen LogP contribution in [0.3, 0.4) is 0 Å². The Morgan fingerprint density at radius 3 is 2.43 bits per heavy atom. The second-order valence-electron chi connectivity index (χ2n) is 11.8. The van der Waals surface area contributed by atoms with E-state index in [1.165, 1.54) is 57.5 Å². The summed E-state index contributed by atoms with van der Waals surface area (Å²) in [6, 6.07) is 17.6. The molecule has 12 heteroatoms. The molecule has 0 spiro atoms. The van der Waals surface area contributed by atoms with E-state index in [9.17, 15) is 18.0 Å². The number of carbonyl (C=O) groups excluding carboxylic acids is 1. The number of benzene rings is 3. The minimum atomic E-state index is -4.74. The van der Waals surface area contributed by atoms with Crippen LogP contribution in [0.25, 0.3) is 17.1 Å². The van der Waals surface area contributed by atoms with Gasteiger partial charge in [-0.3, -0.25) is 0 Å². The van der Waals surface area contributed by atoms with E-state index in [1.807, 2.05) is 12.1 Å². The Balaban J connectivity index is 1.06. The molecule has 0 bridgehead atoms. The van der Waals surface area contributed by atoms with Crippen molar-refractivity contribution in [3.05, 3.63) is 89.2 Å². The number of halogens is 3. The van der Waals surface area contributed by atoms with Crippen molar-refractivity contribution in [1.29, 1.82) is 0 Å². The standard InChI is InChI=1S/C34H35F3N6O2S/c1-21-17-22(2)30(23(3)18-21)42-15-4-16-46-33(42)40-32(44)39-27-10-9-26(19-27)24-5-7-25(8-6-24)31-38-20-43(41-31)28-11-13-29(14-12-28)45-34(35,36)37/h5-8,11-14,17-18,20,26-27H,4,9-10,15-16,19H2,1-3H3,(H,39,44)/b40-33-. The number of aromatic nitrogens is 3. The molecule has 1 saturated carbocycles. The lowest BCUT2D eigenvalue weighted by Gasteiger charge is -2.32. The molecule has 2 aliphatic rings. The first kappa shape index (κ1) is 31.7. The number of amidine groups is 1. The van der Waals surface area contributed by atoms with Crippen LogP contribution in [0.4, 0.5) is 23.7 Å². The minimum absolute atomic E-state index is 0.0525. The smallest absolute Gasteiger partial charge is 0.406 e. The Bertz CT molecular complexity index is 1710. The highest BCUT2D eigenvalue weighted by Crippen LogP contribution is 2.36. The van der Waals surface area contributed by atoms with Crippen LogP contribution < -0.4 is 15.0 Å². The average Bonchev–Trinajstić information content (AvgIpc) is 3.68. The van der Waals surface area contributed by atoms with Crippen molar-refractivity contribution in [2.24, 2.45) is 4.99 Å². The predicted octanol–water partition coefficient (Wildman–Crippen LogP) is 8.10. The van der Waals surface area contributed by atoms with Crippen molar-refractivity contribution >= 4 is 28.6 Å². The number of alkyl halides is 3. The number of hydrogen-bond donors (Lipinski definition) is 1. The first-order chi connectivity index (χ1) is 22.0. The Kier molecular flexibility index (Phi) is 9.08. The normalized spacial score (nSPS) is 19.4. The fourth-order valence-corrected chi connectivity index (χ4v) is 7.33. The van der Waals surface area contributed by atoms with Crippen molar-refractivity contribution in [2.45, 2.75) is 64.8 Å². The van der Waals surface area contributed by atoms with Crippen molar-refractivity contribution in [2.75, 3.05) is 17.2 Å². The van der Waals surface area contributed by atoms with Gasteiger partial charge in [-0.2, -0.15) is 4.99 Å². The molecule has 2 unspecified atom stereocenters. The topological polar surface area (TPSA) is 84.6 Å². The van der Waals surface area contributed by atoms with Gasteiger partial charge in [-0.1, -0.05) is 53.7 Å². The van der Waals surface area contributed by atoms with Gasteiger partial charge in [0.2, 0.25) is 0 Å². The second-order valence-corrected chi connectivity index (χ2v) is 12.9. The van der Waals surface area contributed by atoms with Crippen molar-refractivity contribution in [3.8, 4) is 22.8 Å². The van der Waals surface area contributed by atoms with Gasteiger partial charge in [-0.05, 0) is 93.3 Å². The summed E-state index contributed by atoms with van der Waals surface area (Å²) in [7, 11) is 0. The average molecular weight is 649 g/mol. The molecular weight excluding hydrogens is 613 g/mol. The fraction of sp³-hybridized carbons (Fsp3) is 0.353. The molecule has 1 saturated heterocycles. The Morgan fingerprint density at radius 1 is 1.02 bits per heavy atom. The summed E-state index contributed by atoms with van der Waals surface area (Å²) in [5.41, 5.74) is 7.32. The van der Waals surface area contributed by atoms with Crippen LogP contribution >= 0.6 is 11.8 Å². The van der Waals surface area contributed by atoms with Gasteiger partial charge in [0, 0.05) is 29.6 Å². The molecular formula is C34H35F3N6O2S. The van der Waals surface area contributed by atoms with E-state index in [0.29, 0.717) is 17.4 Å². The first-order valence-corrected chi connectivity index (χ1v) is 16.3. The van der Waals surface area contributed by atoms with Gasteiger partial charge < -0.3 is 15.0 Å². The van der Waals surface area contributed by atoms with Gasteiger partial charge >= 0.3 is 12.4 Å². The zero-order valence-electron chi connectivity index (χ0n) is 25.8. The summed E-state index contributed by atoms with van der Waals surface area (Å²) in [4.78, 5) is 24.2. The molecule has 1 aliphatic heterocycles. The van der Waals surface area contributed by atoms with E-state index in [0.717, 1.165) is 54.4 Å². The van der Waals surface area contributed by atoms with Crippen molar-refractivity contribution in [3.63, 3.8) is 0 Å². The summed E-state index contributed by atoms with van der Waals surface area (Å²) in [5, 5.41) is 8.40. The third-order valence-electron chi connectivity index (χ3n) is 8.32. The zero-order valence-corrected chi connectivity index (χ0v) is 26.7.